The number of amides is 1. The molecule has 180 valence electrons. The lowest BCUT2D eigenvalue weighted by Gasteiger charge is -2.24. The Balaban J connectivity index is 1.49. The number of para-hydroxylation sites is 1. The highest BCUT2D eigenvalue weighted by atomic mass is 32.2. The maximum atomic E-state index is 13.3. The number of benzene rings is 2. The van der Waals surface area contributed by atoms with E-state index in [4.69, 9.17) is 9.72 Å². The van der Waals surface area contributed by atoms with Crippen LogP contribution in [-0.2, 0) is 16.1 Å². The topological polar surface area (TPSA) is 77.7 Å². The molecule has 1 saturated heterocycles. The number of thioether (sulfide) groups is 1. The smallest absolute Gasteiger partial charge is 0.262 e. The molecule has 0 atom stereocenters. The highest BCUT2D eigenvalue weighted by Gasteiger charge is 2.17. The first kappa shape index (κ1) is 24.4. The fourth-order valence-electron chi connectivity index (χ4n) is 4.54. The third-order valence-electron chi connectivity index (χ3n) is 6.21. The van der Waals surface area contributed by atoms with Gasteiger partial charge in [0.25, 0.3) is 5.56 Å². The lowest BCUT2D eigenvalue weighted by molar-refractivity contribution is -0.908. The molecule has 1 aliphatic heterocycles. The SMILES string of the molecule is Cc1cc(C)c(NC(=O)CSc2nc3ccccc3c(=O)n2CCC[NH+]2CCOCC2)c(C)c1. The number of nitrogens with one attached hydrogen (secondary N) is 2. The summed E-state index contributed by atoms with van der Waals surface area (Å²) in [5.74, 6) is 0.0819. The molecule has 34 heavy (non-hydrogen) atoms. The molecular weight excluding hydrogens is 448 g/mol. The van der Waals surface area contributed by atoms with Gasteiger partial charge in [-0.1, -0.05) is 41.6 Å². The number of ether oxygens (including phenoxy) is 1. The van der Waals surface area contributed by atoms with Gasteiger partial charge in [-0.25, -0.2) is 4.98 Å². The van der Waals surface area contributed by atoms with Crippen LogP contribution in [0.2, 0.25) is 0 Å². The second-order valence-electron chi connectivity index (χ2n) is 8.94. The van der Waals surface area contributed by atoms with Gasteiger partial charge in [0.05, 0.1) is 36.4 Å². The van der Waals surface area contributed by atoms with Crippen LogP contribution in [0.15, 0.2) is 46.3 Å². The van der Waals surface area contributed by atoms with Gasteiger partial charge in [-0.3, -0.25) is 14.2 Å². The van der Waals surface area contributed by atoms with Crippen molar-refractivity contribution in [1.29, 1.82) is 0 Å². The first-order valence-electron chi connectivity index (χ1n) is 11.8. The summed E-state index contributed by atoms with van der Waals surface area (Å²) < 4.78 is 7.18. The van der Waals surface area contributed by atoms with Crippen molar-refractivity contribution in [3.63, 3.8) is 0 Å². The summed E-state index contributed by atoms with van der Waals surface area (Å²) in [5.41, 5.74) is 4.73. The molecule has 4 rings (SSSR count). The van der Waals surface area contributed by atoms with Crippen molar-refractivity contribution in [2.75, 3.05) is 43.9 Å². The van der Waals surface area contributed by atoms with Crippen LogP contribution in [0, 0.1) is 20.8 Å². The molecule has 2 heterocycles. The molecule has 1 aliphatic rings. The average molecular weight is 482 g/mol. The second kappa shape index (κ2) is 11.2. The first-order valence-corrected chi connectivity index (χ1v) is 12.8. The monoisotopic (exact) mass is 481 g/mol. The van der Waals surface area contributed by atoms with Crippen LogP contribution in [0.1, 0.15) is 23.1 Å². The molecule has 0 aliphatic carbocycles. The molecule has 0 radical (unpaired) electrons. The molecule has 0 saturated carbocycles. The van der Waals surface area contributed by atoms with Gasteiger partial charge < -0.3 is 15.0 Å². The van der Waals surface area contributed by atoms with Crippen molar-refractivity contribution < 1.29 is 14.4 Å². The molecule has 2 N–H and O–H groups in total. The lowest BCUT2D eigenvalue weighted by Crippen LogP contribution is -3.14. The van der Waals surface area contributed by atoms with E-state index in [-0.39, 0.29) is 17.2 Å². The summed E-state index contributed by atoms with van der Waals surface area (Å²) in [5, 5.41) is 4.25. The minimum atomic E-state index is -0.105. The van der Waals surface area contributed by atoms with E-state index < -0.39 is 0 Å². The predicted octanol–water partition coefficient (Wildman–Crippen LogP) is 2.36. The summed E-state index contributed by atoms with van der Waals surface area (Å²) in [6.45, 7) is 11.2. The van der Waals surface area contributed by atoms with Crippen LogP contribution in [0.5, 0.6) is 0 Å². The van der Waals surface area contributed by atoms with Gasteiger partial charge in [0, 0.05) is 18.7 Å². The molecule has 8 heteroatoms. The van der Waals surface area contributed by atoms with E-state index in [0.717, 1.165) is 56.1 Å². The molecule has 0 spiro atoms. The number of hydrogen-bond acceptors (Lipinski definition) is 5. The molecule has 0 bridgehead atoms. The Kier molecular flexibility index (Phi) is 8.03. The number of carbonyl (C=O) groups is 1. The molecule has 1 amide bonds. The molecule has 0 unspecified atom stereocenters. The zero-order valence-corrected chi connectivity index (χ0v) is 21.0. The standard InChI is InChI=1S/C26H32N4O3S/c1-18-15-19(2)24(20(3)16-18)28-23(31)17-34-26-27-22-8-5-4-7-21(22)25(32)30(26)10-6-9-29-11-13-33-14-12-29/h4-5,7-8,15-16H,6,9-14,17H2,1-3H3,(H,28,31)/p+1. The van der Waals surface area contributed by atoms with Crippen LogP contribution in [0.4, 0.5) is 5.69 Å². The maximum absolute atomic E-state index is 13.3. The van der Waals surface area contributed by atoms with Gasteiger partial charge in [0.2, 0.25) is 5.91 Å². The number of quaternary nitrogens is 1. The largest absolute Gasteiger partial charge is 0.370 e. The Morgan fingerprint density at radius 1 is 1.15 bits per heavy atom. The zero-order chi connectivity index (χ0) is 24.1. The number of nitrogens with zero attached hydrogens (tertiary/aromatic N) is 2. The van der Waals surface area contributed by atoms with Crippen molar-refractivity contribution in [2.45, 2.75) is 38.9 Å². The van der Waals surface area contributed by atoms with Crippen molar-refractivity contribution in [3.8, 4) is 0 Å². The van der Waals surface area contributed by atoms with Gasteiger partial charge >= 0.3 is 0 Å². The Morgan fingerprint density at radius 2 is 1.85 bits per heavy atom. The lowest BCUT2D eigenvalue weighted by atomic mass is 10.1. The molecule has 1 fully saturated rings. The second-order valence-corrected chi connectivity index (χ2v) is 9.89. The number of fused-ring (bicyclic) bond motifs is 1. The fraction of sp³-hybridized carbons (Fsp3) is 0.423. The zero-order valence-electron chi connectivity index (χ0n) is 20.1. The molecular formula is C26H33N4O3S+. The van der Waals surface area contributed by atoms with E-state index in [0.29, 0.717) is 22.6 Å². The highest BCUT2D eigenvalue weighted by molar-refractivity contribution is 7.99. The fourth-order valence-corrected chi connectivity index (χ4v) is 5.36. The Labute approximate surface area is 204 Å². The number of rotatable bonds is 8. The minimum Gasteiger partial charge on any atom is -0.370 e. The number of aromatic nitrogens is 2. The normalized spacial score (nSPS) is 14.4. The average Bonchev–Trinajstić information content (AvgIpc) is 2.82. The van der Waals surface area contributed by atoms with Crippen LogP contribution in [-0.4, -0.2) is 54.1 Å². The van der Waals surface area contributed by atoms with E-state index in [1.807, 2.05) is 45.0 Å². The van der Waals surface area contributed by atoms with Crippen LogP contribution < -0.4 is 15.8 Å². The third-order valence-corrected chi connectivity index (χ3v) is 7.19. The van der Waals surface area contributed by atoms with Crippen LogP contribution in [0.3, 0.4) is 0 Å². The predicted molar refractivity (Wildman–Crippen MR) is 137 cm³/mol. The number of aryl methyl sites for hydroxylation is 3. The Hall–Kier alpha value is -2.68. The first-order chi connectivity index (χ1) is 16.4. The summed E-state index contributed by atoms with van der Waals surface area (Å²) in [4.78, 5) is 32.3. The van der Waals surface area contributed by atoms with Gasteiger partial charge in [0.15, 0.2) is 5.16 Å². The van der Waals surface area contributed by atoms with Gasteiger partial charge in [-0.15, -0.1) is 0 Å². The number of carbonyl (C=O) groups excluding carboxylic acids is 1. The number of anilines is 1. The molecule has 2 aromatic carbocycles. The Bertz CT molecular complexity index is 1210. The number of morpholine rings is 1. The minimum absolute atomic E-state index is 0.0456. The summed E-state index contributed by atoms with van der Waals surface area (Å²) in [6, 6.07) is 11.5. The van der Waals surface area contributed by atoms with Gasteiger partial charge in [-0.2, -0.15) is 0 Å². The molecule has 1 aromatic heterocycles. The van der Waals surface area contributed by atoms with Crippen molar-refractivity contribution in [1.82, 2.24) is 9.55 Å². The Morgan fingerprint density at radius 3 is 2.59 bits per heavy atom. The molecule has 3 aromatic rings. The van der Waals surface area contributed by atoms with E-state index >= 15 is 0 Å². The van der Waals surface area contributed by atoms with Crippen molar-refractivity contribution >= 4 is 34.3 Å². The van der Waals surface area contributed by atoms with Crippen LogP contribution in [0.25, 0.3) is 10.9 Å². The van der Waals surface area contributed by atoms with E-state index in [1.54, 1.807) is 4.57 Å². The third kappa shape index (κ3) is 5.87. The van der Waals surface area contributed by atoms with Crippen LogP contribution >= 0.6 is 11.8 Å². The van der Waals surface area contributed by atoms with E-state index in [1.165, 1.54) is 22.2 Å². The number of hydrogen-bond donors (Lipinski definition) is 2. The van der Waals surface area contributed by atoms with Gasteiger partial charge in [0.1, 0.15) is 13.1 Å². The molecule has 7 nitrogen and oxygen atoms in total. The quantitative estimate of drug-likeness (QED) is 0.382. The van der Waals surface area contributed by atoms with E-state index in [2.05, 4.69) is 17.4 Å². The van der Waals surface area contributed by atoms with E-state index in [9.17, 15) is 9.59 Å². The summed E-state index contributed by atoms with van der Waals surface area (Å²) in [7, 11) is 0. The van der Waals surface area contributed by atoms with Crippen molar-refractivity contribution in [3.05, 3.63) is 63.4 Å². The van der Waals surface area contributed by atoms with Crippen molar-refractivity contribution in [2.24, 2.45) is 0 Å². The highest BCUT2D eigenvalue weighted by Crippen LogP contribution is 2.23. The summed E-state index contributed by atoms with van der Waals surface area (Å²) >= 11 is 1.32. The summed E-state index contributed by atoms with van der Waals surface area (Å²) in [6.07, 6.45) is 0.872. The maximum Gasteiger partial charge on any atom is 0.262 e. The van der Waals surface area contributed by atoms with Gasteiger partial charge in [-0.05, 0) is 44.0 Å².